The SMILES string of the molecule is c1ccc2c(-c3c4ccccc4c(-c4cc5cc6oc7ccccc7c6cc5o4)c4ccccc34)cccc2c1. The summed E-state index contributed by atoms with van der Waals surface area (Å²) in [6.07, 6.45) is 0. The Labute approximate surface area is 229 Å². The molecule has 0 N–H and O–H groups in total. The van der Waals surface area contributed by atoms with Crippen molar-refractivity contribution in [3.05, 3.63) is 133 Å². The second-order valence-corrected chi connectivity index (χ2v) is 10.5. The van der Waals surface area contributed by atoms with Crippen molar-refractivity contribution in [1.82, 2.24) is 0 Å². The summed E-state index contributed by atoms with van der Waals surface area (Å²) >= 11 is 0. The third-order valence-electron chi connectivity index (χ3n) is 8.25. The van der Waals surface area contributed by atoms with Gasteiger partial charge in [-0.25, -0.2) is 0 Å². The lowest BCUT2D eigenvalue weighted by atomic mass is 9.86. The van der Waals surface area contributed by atoms with Crippen LogP contribution in [0.25, 0.3) is 87.7 Å². The van der Waals surface area contributed by atoms with Crippen LogP contribution in [0.5, 0.6) is 0 Å². The van der Waals surface area contributed by atoms with Crippen molar-refractivity contribution in [2.45, 2.75) is 0 Å². The molecule has 0 amide bonds. The predicted molar refractivity (Wildman–Crippen MR) is 167 cm³/mol. The van der Waals surface area contributed by atoms with Crippen molar-refractivity contribution in [3.8, 4) is 22.5 Å². The van der Waals surface area contributed by atoms with Gasteiger partial charge in [0.25, 0.3) is 0 Å². The molecular weight excluding hydrogens is 488 g/mol. The van der Waals surface area contributed by atoms with Crippen LogP contribution in [0.2, 0.25) is 0 Å². The maximum Gasteiger partial charge on any atom is 0.136 e. The van der Waals surface area contributed by atoms with E-state index in [0.29, 0.717) is 0 Å². The van der Waals surface area contributed by atoms with Crippen molar-refractivity contribution in [2.75, 3.05) is 0 Å². The van der Waals surface area contributed by atoms with Gasteiger partial charge < -0.3 is 8.83 Å². The molecule has 0 atom stereocenters. The highest BCUT2D eigenvalue weighted by Gasteiger charge is 2.20. The molecule has 186 valence electrons. The van der Waals surface area contributed by atoms with Crippen LogP contribution in [0, 0.1) is 0 Å². The van der Waals surface area contributed by atoms with E-state index >= 15 is 0 Å². The minimum absolute atomic E-state index is 0.861. The van der Waals surface area contributed by atoms with E-state index in [9.17, 15) is 0 Å². The van der Waals surface area contributed by atoms with E-state index < -0.39 is 0 Å². The van der Waals surface area contributed by atoms with Gasteiger partial charge in [-0.3, -0.25) is 0 Å². The maximum atomic E-state index is 6.67. The van der Waals surface area contributed by atoms with Crippen molar-refractivity contribution < 1.29 is 8.83 Å². The van der Waals surface area contributed by atoms with Gasteiger partial charge in [0.05, 0.1) is 0 Å². The van der Waals surface area contributed by atoms with Gasteiger partial charge >= 0.3 is 0 Å². The fraction of sp³-hybridized carbons (Fsp3) is 0. The Bertz CT molecular complexity index is 2370. The van der Waals surface area contributed by atoms with Gasteiger partial charge in [-0.2, -0.15) is 0 Å². The van der Waals surface area contributed by atoms with Crippen LogP contribution >= 0.6 is 0 Å². The normalized spacial score (nSPS) is 12.0. The van der Waals surface area contributed by atoms with Crippen molar-refractivity contribution in [1.29, 1.82) is 0 Å². The summed E-state index contributed by atoms with van der Waals surface area (Å²) in [6.45, 7) is 0. The standard InChI is InChI=1S/C38H22O2/c1-2-12-25-23(10-1)11-9-18-27(25)37-28-14-3-5-16-30(28)38(31-17-6-4-15-29(31)37)36-21-24-20-35-32(22-34(24)40-36)26-13-7-8-19-33(26)39-35/h1-22H. The second-order valence-electron chi connectivity index (χ2n) is 10.5. The third-order valence-corrected chi connectivity index (χ3v) is 8.25. The molecular formula is C38H22O2. The molecule has 9 rings (SSSR count). The van der Waals surface area contributed by atoms with E-state index in [0.717, 1.165) is 44.2 Å². The Morgan fingerprint density at radius 2 is 0.925 bits per heavy atom. The molecule has 2 aromatic heterocycles. The highest BCUT2D eigenvalue weighted by atomic mass is 16.3. The topological polar surface area (TPSA) is 26.3 Å². The summed E-state index contributed by atoms with van der Waals surface area (Å²) in [5.41, 5.74) is 6.25. The molecule has 0 saturated carbocycles. The van der Waals surface area contributed by atoms with Crippen LogP contribution in [0.3, 0.4) is 0 Å². The first-order valence-electron chi connectivity index (χ1n) is 13.6. The molecule has 2 heterocycles. The van der Waals surface area contributed by atoms with Crippen molar-refractivity contribution >= 4 is 65.2 Å². The van der Waals surface area contributed by atoms with Crippen LogP contribution in [0.1, 0.15) is 0 Å². The zero-order valence-electron chi connectivity index (χ0n) is 21.5. The molecule has 2 nitrogen and oxygen atoms in total. The minimum atomic E-state index is 0.861. The zero-order valence-corrected chi connectivity index (χ0v) is 21.5. The summed E-state index contributed by atoms with van der Waals surface area (Å²) in [4.78, 5) is 0. The number of hydrogen-bond acceptors (Lipinski definition) is 2. The Balaban J connectivity index is 1.38. The quantitative estimate of drug-likeness (QED) is 0.216. The van der Waals surface area contributed by atoms with Crippen LogP contribution in [0.4, 0.5) is 0 Å². The summed E-state index contributed by atoms with van der Waals surface area (Å²) in [7, 11) is 0. The van der Waals surface area contributed by atoms with Gasteiger partial charge in [-0.15, -0.1) is 0 Å². The highest BCUT2D eigenvalue weighted by molar-refractivity contribution is 6.23. The number of benzene rings is 7. The van der Waals surface area contributed by atoms with E-state index in [1.807, 2.05) is 18.2 Å². The van der Waals surface area contributed by atoms with E-state index in [-0.39, 0.29) is 0 Å². The molecule has 0 unspecified atom stereocenters. The average Bonchev–Trinajstić information content (AvgIpc) is 3.58. The first kappa shape index (κ1) is 21.6. The van der Waals surface area contributed by atoms with E-state index in [4.69, 9.17) is 8.83 Å². The number of furan rings is 2. The van der Waals surface area contributed by atoms with Crippen LogP contribution in [-0.2, 0) is 0 Å². The fourth-order valence-corrected chi connectivity index (χ4v) is 6.51. The molecule has 2 heteroatoms. The number of hydrogen-bond donors (Lipinski definition) is 0. The fourth-order valence-electron chi connectivity index (χ4n) is 6.51. The number of fused-ring (bicyclic) bond motifs is 7. The Kier molecular flexibility index (Phi) is 4.36. The maximum absolute atomic E-state index is 6.67. The predicted octanol–water partition coefficient (Wildman–Crippen LogP) is 11.1. The summed E-state index contributed by atoms with van der Waals surface area (Å²) < 4.78 is 12.8. The smallest absolute Gasteiger partial charge is 0.136 e. The van der Waals surface area contributed by atoms with Gasteiger partial charge in [0, 0.05) is 21.7 Å². The second kappa shape index (κ2) is 8.08. The van der Waals surface area contributed by atoms with Crippen LogP contribution in [0.15, 0.2) is 142 Å². The van der Waals surface area contributed by atoms with Crippen molar-refractivity contribution in [3.63, 3.8) is 0 Å². The molecule has 9 aromatic rings. The molecule has 7 aromatic carbocycles. The molecule has 0 bridgehead atoms. The Morgan fingerprint density at radius 3 is 1.68 bits per heavy atom. The molecule has 40 heavy (non-hydrogen) atoms. The number of para-hydroxylation sites is 1. The Morgan fingerprint density at radius 1 is 0.325 bits per heavy atom. The number of rotatable bonds is 2. The largest absolute Gasteiger partial charge is 0.456 e. The molecule has 0 radical (unpaired) electrons. The van der Waals surface area contributed by atoms with Crippen LogP contribution < -0.4 is 0 Å². The zero-order chi connectivity index (χ0) is 26.2. The van der Waals surface area contributed by atoms with Gasteiger partial charge in [-0.05, 0) is 67.7 Å². The molecule has 0 spiro atoms. The first-order chi connectivity index (χ1) is 19.8. The summed E-state index contributed by atoms with van der Waals surface area (Å²) in [5, 5.41) is 10.5. The first-order valence-corrected chi connectivity index (χ1v) is 13.6. The summed E-state index contributed by atoms with van der Waals surface area (Å²) in [6, 6.07) is 47.2. The van der Waals surface area contributed by atoms with E-state index in [2.05, 4.69) is 115 Å². The molecule has 0 aliphatic rings. The lowest BCUT2D eigenvalue weighted by molar-refractivity contribution is 0.633. The lowest BCUT2D eigenvalue weighted by Gasteiger charge is -2.17. The molecule has 0 aliphatic heterocycles. The van der Waals surface area contributed by atoms with Crippen LogP contribution in [-0.4, -0.2) is 0 Å². The lowest BCUT2D eigenvalue weighted by Crippen LogP contribution is -1.90. The molecule has 0 saturated heterocycles. The van der Waals surface area contributed by atoms with Gasteiger partial charge in [0.2, 0.25) is 0 Å². The van der Waals surface area contributed by atoms with E-state index in [1.54, 1.807) is 0 Å². The van der Waals surface area contributed by atoms with Gasteiger partial charge in [-0.1, -0.05) is 109 Å². The summed E-state index contributed by atoms with van der Waals surface area (Å²) in [5.74, 6) is 0.865. The third kappa shape index (κ3) is 2.99. The van der Waals surface area contributed by atoms with E-state index in [1.165, 1.54) is 43.4 Å². The highest BCUT2D eigenvalue weighted by Crippen LogP contribution is 2.46. The average molecular weight is 511 g/mol. The minimum Gasteiger partial charge on any atom is -0.456 e. The molecule has 0 fully saturated rings. The van der Waals surface area contributed by atoms with Gasteiger partial charge in [0.1, 0.15) is 22.5 Å². The van der Waals surface area contributed by atoms with Crippen molar-refractivity contribution in [2.24, 2.45) is 0 Å². The van der Waals surface area contributed by atoms with Gasteiger partial charge in [0.15, 0.2) is 0 Å². The molecule has 0 aliphatic carbocycles. The monoisotopic (exact) mass is 510 g/mol. The Hall–Kier alpha value is -5.34.